The predicted molar refractivity (Wildman–Crippen MR) is 49.7 cm³/mol. The number of Topliss-reactive ketones (excluding diaryl/α,β-unsaturated/α-hetero) is 1. The van der Waals surface area contributed by atoms with E-state index in [1.54, 1.807) is 6.92 Å². The van der Waals surface area contributed by atoms with E-state index in [2.05, 4.69) is 0 Å². The van der Waals surface area contributed by atoms with E-state index < -0.39 is 5.54 Å². The lowest BCUT2D eigenvalue weighted by Gasteiger charge is -2.04. The summed E-state index contributed by atoms with van der Waals surface area (Å²) < 4.78 is 4.69. The van der Waals surface area contributed by atoms with Crippen LogP contribution in [-0.4, -0.2) is 23.9 Å². The average molecular weight is 208 g/mol. The van der Waals surface area contributed by atoms with Crippen molar-refractivity contribution in [3.8, 4) is 0 Å². The summed E-state index contributed by atoms with van der Waals surface area (Å²) in [6, 6.07) is 0. The Morgan fingerprint density at radius 3 is 2.62 bits per heavy atom. The molecule has 0 bridgehead atoms. The Kier molecular flexibility index (Phi) is 4.36. The number of hydrogen-bond acceptors (Lipinski definition) is 4. The SMILES string of the molecule is CCOC(=O)CCC1(N)CC1=O.Cl. The highest BCUT2D eigenvalue weighted by atomic mass is 35.5. The Hall–Kier alpha value is -0.610. The first-order chi connectivity index (χ1) is 5.58. The predicted octanol–water partition coefficient (Wildman–Crippen LogP) is 0.422. The van der Waals surface area contributed by atoms with Crippen LogP contribution >= 0.6 is 12.4 Å². The summed E-state index contributed by atoms with van der Waals surface area (Å²) in [4.78, 5) is 21.5. The van der Waals surface area contributed by atoms with Gasteiger partial charge < -0.3 is 10.5 Å². The molecule has 0 heterocycles. The van der Waals surface area contributed by atoms with Gasteiger partial charge in [-0.3, -0.25) is 9.59 Å². The van der Waals surface area contributed by atoms with Crippen LogP contribution < -0.4 is 5.73 Å². The minimum atomic E-state index is -0.702. The maximum absolute atomic E-state index is 10.8. The first kappa shape index (κ1) is 12.4. The molecule has 0 spiro atoms. The number of carbonyl (C=O) groups excluding carboxylic acids is 2. The molecule has 1 unspecified atom stereocenters. The maximum atomic E-state index is 10.8. The number of esters is 1. The van der Waals surface area contributed by atoms with Crippen LogP contribution in [0.5, 0.6) is 0 Å². The van der Waals surface area contributed by atoms with Crippen molar-refractivity contribution >= 4 is 24.2 Å². The van der Waals surface area contributed by atoms with Gasteiger partial charge in [0.25, 0.3) is 0 Å². The number of hydrogen-bond donors (Lipinski definition) is 1. The van der Waals surface area contributed by atoms with E-state index in [1.165, 1.54) is 0 Å². The summed E-state index contributed by atoms with van der Waals surface area (Å²) in [7, 11) is 0. The zero-order valence-corrected chi connectivity index (χ0v) is 8.36. The van der Waals surface area contributed by atoms with Gasteiger partial charge in [0.1, 0.15) is 0 Å². The van der Waals surface area contributed by atoms with Gasteiger partial charge in [0.05, 0.1) is 12.1 Å². The lowest BCUT2D eigenvalue weighted by molar-refractivity contribution is -0.143. The lowest BCUT2D eigenvalue weighted by Crippen LogP contribution is -2.26. The summed E-state index contributed by atoms with van der Waals surface area (Å²) in [5, 5.41) is 0. The Morgan fingerprint density at radius 1 is 1.69 bits per heavy atom. The van der Waals surface area contributed by atoms with Crippen molar-refractivity contribution in [2.45, 2.75) is 31.7 Å². The van der Waals surface area contributed by atoms with Crippen molar-refractivity contribution in [1.82, 2.24) is 0 Å². The summed E-state index contributed by atoms with van der Waals surface area (Å²) >= 11 is 0. The van der Waals surface area contributed by atoms with Gasteiger partial charge in [-0.15, -0.1) is 12.4 Å². The Morgan fingerprint density at radius 2 is 2.23 bits per heavy atom. The molecule has 5 heteroatoms. The highest BCUT2D eigenvalue weighted by Crippen LogP contribution is 2.31. The van der Waals surface area contributed by atoms with Gasteiger partial charge in [-0.1, -0.05) is 0 Å². The molecule has 1 saturated carbocycles. The second-order valence-electron chi connectivity index (χ2n) is 3.06. The van der Waals surface area contributed by atoms with Crippen LogP contribution in [0.15, 0.2) is 0 Å². The van der Waals surface area contributed by atoms with Crippen LogP contribution in [0.4, 0.5) is 0 Å². The molecular weight excluding hydrogens is 194 g/mol. The van der Waals surface area contributed by atoms with Gasteiger partial charge >= 0.3 is 5.97 Å². The number of nitrogens with two attached hydrogens (primary N) is 1. The zero-order valence-electron chi connectivity index (χ0n) is 7.54. The van der Waals surface area contributed by atoms with E-state index in [9.17, 15) is 9.59 Å². The van der Waals surface area contributed by atoms with Crippen LogP contribution in [0.25, 0.3) is 0 Å². The molecule has 0 aromatic carbocycles. The molecule has 0 amide bonds. The third-order valence-electron chi connectivity index (χ3n) is 1.99. The number of rotatable bonds is 4. The number of ether oxygens (including phenoxy) is 1. The first-order valence-electron chi connectivity index (χ1n) is 4.06. The van der Waals surface area contributed by atoms with E-state index >= 15 is 0 Å². The molecule has 1 aliphatic carbocycles. The molecule has 1 rings (SSSR count). The van der Waals surface area contributed by atoms with Gasteiger partial charge in [-0.2, -0.15) is 0 Å². The summed E-state index contributed by atoms with van der Waals surface area (Å²) in [5.74, 6) is -0.228. The second-order valence-corrected chi connectivity index (χ2v) is 3.06. The average Bonchev–Trinajstić information content (AvgIpc) is 2.58. The summed E-state index contributed by atoms with van der Waals surface area (Å²) in [6.07, 6.45) is 1.08. The van der Waals surface area contributed by atoms with Crippen molar-refractivity contribution in [3.63, 3.8) is 0 Å². The van der Waals surface area contributed by atoms with Crippen molar-refractivity contribution in [2.75, 3.05) is 6.61 Å². The number of halogens is 1. The Bertz CT molecular complexity index is 219. The maximum Gasteiger partial charge on any atom is 0.305 e. The topological polar surface area (TPSA) is 69.4 Å². The van der Waals surface area contributed by atoms with E-state index in [4.69, 9.17) is 10.5 Å². The minimum Gasteiger partial charge on any atom is -0.466 e. The fourth-order valence-corrected chi connectivity index (χ4v) is 1.03. The van der Waals surface area contributed by atoms with Gasteiger partial charge in [0.15, 0.2) is 5.78 Å². The summed E-state index contributed by atoms with van der Waals surface area (Å²) in [6.45, 7) is 2.13. The highest BCUT2D eigenvalue weighted by Gasteiger charge is 2.49. The lowest BCUT2D eigenvalue weighted by atomic mass is 10.1. The van der Waals surface area contributed by atoms with Crippen molar-refractivity contribution in [1.29, 1.82) is 0 Å². The van der Waals surface area contributed by atoms with Crippen LogP contribution in [-0.2, 0) is 14.3 Å². The molecule has 4 nitrogen and oxygen atoms in total. The molecule has 0 aromatic heterocycles. The van der Waals surface area contributed by atoms with Gasteiger partial charge in [0.2, 0.25) is 0 Å². The molecule has 2 N–H and O–H groups in total. The standard InChI is InChI=1S/C8H13NO3.ClH/c1-2-12-7(11)3-4-8(9)5-6(8)10;/h2-5,9H2,1H3;1H. The summed E-state index contributed by atoms with van der Waals surface area (Å²) in [5.41, 5.74) is 4.88. The van der Waals surface area contributed by atoms with Crippen molar-refractivity contribution < 1.29 is 14.3 Å². The van der Waals surface area contributed by atoms with Crippen molar-refractivity contribution in [3.05, 3.63) is 0 Å². The number of carbonyl (C=O) groups is 2. The van der Waals surface area contributed by atoms with E-state index in [0.29, 0.717) is 19.4 Å². The number of ketones is 1. The molecule has 0 aliphatic heterocycles. The Labute approximate surface area is 83.2 Å². The van der Waals surface area contributed by atoms with Gasteiger partial charge in [-0.25, -0.2) is 0 Å². The minimum absolute atomic E-state index is 0. The van der Waals surface area contributed by atoms with Gasteiger partial charge in [0, 0.05) is 12.8 Å². The molecular formula is C8H14ClNO3. The molecule has 0 aromatic rings. The smallest absolute Gasteiger partial charge is 0.305 e. The quantitative estimate of drug-likeness (QED) is 0.679. The molecule has 0 radical (unpaired) electrons. The molecule has 1 fully saturated rings. The van der Waals surface area contributed by atoms with Crippen molar-refractivity contribution in [2.24, 2.45) is 5.73 Å². The third kappa shape index (κ3) is 3.32. The zero-order chi connectivity index (χ0) is 9.19. The fourth-order valence-electron chi connectivity index (χ4n) is 1.03. The monoisotopic (exact) mass is 207 g/mol. The molecule has 76 valence electrons. The Balaban J connectivity index is 0.00000144. The fraction of sp³-hybridized carbons (Fsp3) is 0.750. The third-order valence-corrected chi connectivity index (χ3v) is 1.99. The molecule has 13 heavy (non-hydrogen) atoms. The molecule has 1 atom stereocenters. The normalized spacial score (nSPS) is 24.9. The van der Waals surface area contributed by atoms with Crippen LogP contribution in [0.1, 0.15) is 26.2 Å². The van der Waals surface area contributed by atoms with Gasteiger partial charge in [-0.05, 0) is 13.3 Å². The van der Waals surface area contributed by atoms with E-state index in [1.807, 2.05) is 0 Å². The largest absolute Gasteiger partial charge is 0.466 e. The first-order valence-corrected chi connectivity index (χ1v) is 4.06. The molecule has 1 aliphatic rings. The second kappa shape index (κ2) is 4.58. The highest BCUT2D eigenvalue weighted by molar-refractivity contribution is 6.05. The van der Waals surface area contributed by atoms with Crippen LogP contribution in [0, 0.1) is 0 Å². The van der Waals surface area contributed by atoms with Crippen LogP contribution in [0.2, 0.25) is 0 Å². The van der Waals surface area contributed by atoms with E-state index in [0.717, 1.165) is 0 Å². The van der Waals surface area contributed by atoms with Crippen LogP contribution in [0.3, 0.4) is 0 Å². The molecule has 0 saturated heterocycles. The van der Waals surface area contributed by atoms with E-state index in [-0.39, 0.29) is 30.6 Å².